The molecule has 2 heterocycles. The van der Waals surface area contributed by atoms with Crippen molar-refractivity contribution in [2.45, 2.75) is 44.2 Å². The Morgan fingerprint density at radius 1 is 1.35 bits per heavy atom. The average Bonchev–Trinajstić information content (AvgIpc) is 3.11. The van der Waals surface area contributed by atoms with E-state index in [1.165, 1.54) is 19.3 Å². The number of likely N-dealkylation sites (tertiary alicyclic amines) is 1. The van der Waals surface area contributed by atoms with Crippen LogP contribution in [-0.4, -0.2) is 35.6 Å². The molecule has 1 aliphatic carbocycles. The molecule has 2 unspecified atom stereocenters. The van der Waals surface area contributed by atoms with Crippen molar-refractivity contribution in [2.75, 3.05) is 18.9 Å². The molecule has 2 aliphatic rings. The van der Waals surface area contributed by atoms with Gasteiger partial charge < -0.3 is 14.6 Å². The summed E-state index contributed by atoms with van der Waals surface area (Å²) in [6, 6.07) is 7.45. The Balaban J connectivity index is 1.54. The van der Waals surface area contributed by atoms with E-state index in [4.69, 9.17) is 4.42 Å². The number of likely N-dealkylation sites (N-methyl/N-ethyl adjacent to an activating group) is 1. The number of anilines is 1. The van der Waals surface area contributed by atoms with E-state index in [0.29, 0.717) is 18.0 Å². The van der Waals surface area contributed by atoms with Gasteiger partial charge in [0.2, 0.25) is 0 Å². The summed E-state index contributed by atoms with van der Waals surface area (Å²) in [5.41, 5.74) is 3.05. The Hall–Kier alpha value is -1.55. The van der Waals surface area contributed by atoms with Crippen molar-refractivity contribution in [3.63, 3.8) is 0 Å². The molecule has 0 radical (unpaired) electrons. The standard InChI is InChI=1S/C16H21N3O/c1-10-7-13(9-19(10)2)17-12-5-6-15-14(8-12)18-16(20-15)11-3-4-11/h5-6,8,10-11,13,17H,3-4,7,9H2,1-2H3. The number of aromatic nitrogens is 1. The molecule has 20 heavy (non-hydrogen) atoms. The summed E-state index contributed by atoms with van der Waals surface area (Å²) in [5.74, 6) is 1.49. The van der Waals surface area contributed by atoms with Gasteiger partial charge in [-0.3, -0.25) is 0 Å². The molecule has 4 rings (SSSR count). The third-order valence-electron chi connectivity index (χ3n) is 4.59. The quantitative estimate of drug-likeness (QED) is 0.930. The van der Waals surface area contributed by atoms with Crippen LogP contribution in [0.4, 0.5) is 5.69 Å². The fourth-order valence-electron chi connectivity index (χ4n) is 3.07. The summed E-state index contributed by atoms with van der Waals surface area (Å²) < 4.78 is 5.80. The molecule has 4 heteroatoms. The van der Waals surface area contributed by atoms with Crippen LogP contribution < -0.4 is 5.32 Å². The highest BCUT2D eigenvalue weighted by atomic mass is 16.3. The van der Waals surface area contributed by atoms with Crippen molar-refractivity contribution in [3.05, 3.63) is 24.1 Å². The third kappa shape index (κ3) is 2.18. The van der Waals surface area contributed by atoms with Crippen molar-refractivity contribution in [2.24, 2.45) is 0 Å². The first-order valence-electron chi connectivity index (χ1n) is 7.56. The maximum atomic E-state index is 5.80. The average molecular weight is 271 g/mol. The van der Waals surface area contributed by atoms with E-state index in [2.05, 4.69) is 41.3 Å². The lowest BCUT2D eigenvalue weighted by Crippen LogP contribution is -2.24. The van der Waals surface area contributed by atoms with E-state index < -0.39 is 0 Å². The van der Waals surface area contributed by atoms with Gasteiger partial charge in [0.15, 0.2) is 11.5 Å². The number of benzene rings is 1. The highest BCUT2D eigenvalue weighted by molar-refractivity contribution is 5.77. The van der Waals surface area contributed by atoms with Crippen molar-refractivity contribution in [1.82, 2.24) is 9.88 Å². The van der Waals surface area contributed by atoms with Crippen LogP contribution in [0.25, 0.3) is 11.1 Å². The van der Waals surface area contributed by atoms with Crippen LogP contribution in [0.2, 0.25) is 0 Å². The van der Waals surface area contributed by atoms with Crippen molar-refractivity contribution >= 4 is 16.8 Å². The Labute approximate surface area is 119 Å². The number of rotatable bonds is 3. The van der Waals surface area contributed by atoms with Gasteiger partial charge in [-0.15, -0.1) is 0 Å². The molecule has 2 atom stereocenters. The predicted molar refractivity (Wildman–Crippen MR) is 80.1 cm³/mol. The van der Waals surface area contributed by atoms with Gasteiger partial charge in [0.1, 0.15) is 5.52 Å². The Morgan fingerprint density at radius 2 is 2.20 bits per heavy atom. The van der Waals surface area contributed by atoms with Crippen LogP contribution in [0.15, 0.2) is 22.6 Å². The Morgan fingerprint density at radius 3 is 2.90 bits per heavy atom. The van der Waals surface area contributed by atoms with Gasteiger partial charge >= 0.3 is 0 Å². The van der Waals surface area contributed by atoms with Crippen molar-refractivity contribution in [1.29, 1.82) is 0 Å². The van der Waals surface area contributed by atoms with E-state index in [1.807, 2.05) is 6.07 Å². The molecule has 0 spiro atoms. The molecule has 0 amide bonds. The SMILES string of the molecule is CC1CC(Nc2ccc3oc(C4CC4)nc3c2)CN1C. The zero-order valence-electron chi connectivity index (χ0n) is 12.1. The number of nitrogens with zero attached hydrogens (tertiary/aromatic N) is 2. The number of fused-ring (bicyclic) bond motifs is 1. The van der Waals surface area contributed by atoms with Crippen molar-refractivity contribution in [3.8, 4) is 0 Å². The third-order valence-corrected chi connectivity index (χ3v) is 4.59. The fourth-order valence-corrected chi connectivity index (χ4v) is 3.07. The number of oxazole rings is 1. The van der Waals surface area contributed by atoms with Crippen LogP contribution in [0.1, 0.15) is 38.0 Å². The van der Waals surface area contributed by atoms with Gasteiger partial charge in [-0.05, 0) is 51.4 Å². The second-order valence-electron chi connectivity index (χ2n) is 6.37. The topological polar surface area (TPSA) is 41.3 Å². The zero-order valence-corrected chi connectivity index (χ0v) is 12.1. The molecular formula is C16H21N3O. The molecule has 1 N–H and O–H groups in total. The van der Waals surface area contributed by atoms with E-state index in [1.54, 1.807) is 0 Å². The lowest BCUT2D eigenvalue weighted by Gasteiger charge is -2.14. The summed E-state index contributed by atoms with van der Waals surface area (Å²) in [4.78, 5) is 7.02. The van der Waals surface area contributed by atoms with Gasteiger partial charge in [-0.2, -0.15) is 0 Å². The van der Waals surface area contributed by atoms with E-state index in [0.717, 1.165) is 29.2 Å². The predicted octanol–water partition coefficient (Wildman–Crippen LogP) is 3.21. The monoisotopic (exact) mass is 271 g/mol. The molecule has 1 saturated carbocycles. The van der Waals surface area contributed by atoms with Crippen LogP contribution in [0, 0.1) is 0 Å². The number of nitrogens with one attached hydrogen (secondary N) is 1. The molecule has 1 aromatic carbocycles. The minimum atomic E-state index is 0.530. The smallest absolute Gasteiger partial charge is 0.198 e. The Bertz CT molecular complexity index is 622. The summed E-state index contributed by atoms with van der Waals surface area (Å²) in [5, 5.41) is 3.62. The Kier molecular flexibility index (Phi) is 2.74. The highest BCUT2D eigenvalue weighted by Gasteiger charge is 2.29. The first-order valence-corrected chi connectivity index (χ1v) is 7.56. The molecule has 2 fully saturated rings. The van der Waals surface area contributed by atoms with E-state index in [9.17, 15) is 0 Å². The van der Waals surface area contributed by atoms with Crippen LogP contribution in [-0.2, 0) is 0 Å². The van der Waals surface area contributed by atoms with Crippen LogP contribution in [0.3, 0.4) is 0 Å². The van der Waals surface area contributed by atoms with E-state index >= 15 is 0 Å². The molecule has 106 valence electrons. The molecule has 0 bridgehead atoms. The maximum Gasteiger partial charge on any atom is 0.198 e. The highest BCUT2D eigenvalue weighted by Crippen LogP contribution is 2.40. The summed E-state index contributed by atoms with van der Waals surface area (Å²) in [6.45, 7) is 3.38. The fraction of sp³-hybridized carbons (Fsp3) is 0.562. The molecule has 2 aromatic rings. The van der Waals surface area contributed by atoms with Crippen molar-refractivity contribution < 1.29 is 4.42 Å². The van der Waals surface area contributed by atoms with Gasteiger partial charge in [-0.25, -0.2) is 4.98 Å². The van der Waals surface area contributed by atoms with Gasteiger partial charge in [-0.1, -0.05) is 0 Å². The molecule has 1 saturated heterocycles. The minimum absolute atomic E-state index is 0.530. The zero-order chi connectivity index (χ0) is 13.7. The lowest BCUT2D eigenvalue weighted by molar-refractivity contribution is 0.330. The van der Waals surface area contributed by atoms with Crippen LogP contribution >= 0.6 is 0 Å². The maximum absolute atomic E-state index is 5.80. The summed E-state index contributed by atoms with van der Waals surface area (Å²) >= 11 is 0. The largest absolute Gasteiger partial charge is 0.440 e. The number of hydrogen-bond donors (Lipinski definition) is 1. The summed E-state index contributed by atoms with van der Waals surface area (Å²) in [6.07, 6.45) is 3.65. The normalized spacial score (nSPS) is 27.3. The molecule has 1 aliphatic heterocycles. The van der Waals surface area contributed by atoms with Gasteiger partial charge in [0.25, 0.3) is 0 Å². The molecular weight excluding hydrogens is 250 g/mol. The lowest BCUT2D eigenvalue weighted by atomic mass is 10.2. The first-order chi connectivity index (χ1) is 9.69. The molecule has 1 aromatic heterocycles. The van der Waals surface area contributed by atoms with Crippen LogP contribution in [0.5, 0.6) is 0 Å². The molecule has 4 nitrogen and oxygen atoms in total. The minimum Gasteiger partial charge on any atom is -0.440 e. The van der Waals surface area contributed by atoms with E-state index in [-0.39, 0.29) is 0 Å². The summed E-state index contributed by atoms with van der Waals surface area (Å²) in [7, 11) is 2.19. The first kappa shape index (κ1) is 12.2. The number of hydrogen-bond acceptors (Lipinski definition) is 4. The second-order valence-corrected chi connectivity index (χ2v) is 6.37. The second kappa shape index (κ2) is 4.48. The van der Waals surface area contributed by atoms with Gasteiger partial charge in [0, 0.05) is 30.2 Å². The van der Waals surface area contributed by atoms with Gasteiger partial charge in [0.05, 0.1) is 0 Å².